The molecule has 2 amide bonds. The van der Waals surface area contributed by atoms with E-state index in [2.05, 4.69) is 0 Å². The number of benzene rings is 3. The maximum atomic E-state index is 13.5. The lowest BCUT2D eigenvalue weighted by atomic mass is 10.0. The van der Waals surface area contributed by atoms with Gasteiger partial charge in [0.2, 0.25) is 5.91 Å². The minimum atomic E-state index is -4.60. The van der Waals surface area contributed by atoms with Crippen molar-refractivity contribution in [2.75, 3.05) is 0 Å². The van der Waals surface area contributed by atoms with Crippen LogP contribution in [0.3, 0.4) is 0 Å². The van der Waals surface area contributed by atoms with Gasteiger partial charge >= 0.3 is 6.18 Å². The summed E-state index contributed by atoms with van der Waals surface area (Å²) in [5.41, 5.74) is 5.27. The quantitative estimate of drug-likeness (QED) is 0.644. The molecule has 4 nitrogen and oxygen atoms in total. The van der Waals surface area contributed by atoms with E-state index in [1.54, 1.807) is 48.5 Å². The summed E-state index contributed by atoms with van der Waals surface area (Å²) in [6.45, 7) is -0.439. The molecule has 0 aromatic heterocycles. The molecule has 0 aliphatic rings. The van der Waals surface area contributed by atoms with Crippen LogP contribution in [-0.4, -0.2) is 16.7 Å². The van der Waals surface area contributed by atoms with Crippen LogP contribution in [0.4, 0.5) is 13.2 Å². The van der Waals surface area contributed by atoms with Crippen LogP contribution in [-0.2, 0) is 17.5 Å². The summed E-state index contributed by atoms with van der Waals surface area (Å²) < 4.78 is 40.5. The van der Waals surface area contributed by atoms with Crippen LogP contribution in [0.2, 0.25) is 0 Å². The van der Waals surface area contributed by atoms with Crippen LogP contribution in [0.1, 0.15) is 33.1 Å². The van der Waals surface area contributed by atoms with Gasteiger partial charge in [-0.2, -0.15) is 13.2 Å². The zero-order valence-corrected chi connectivity index (χ0v) is 15.8. The first-order chi connectivity index (χ1) is 14.3. The minimum Gasteiger partial charge on any atom is -0.368 e. The first-order valence-electron chi connectivity index (χ1n) is 9.14. The number of carbonyl (C=O) groups is 2. The summed E-state index contributed by atoms with van der Waals surface area (Å²) in [6, 6.07) is 20.1. The number of hydrogen-bond acceptors (Lipinski definition) is 2. The van der Waals surface area contributed by atoms with Crippen LogP contribution in [0, 0.1) is 0 Å². The summed E-state index contributed by atoms with van der Waals surface area (Å²) in [5.74, 6) is -1.43. The third-order valence-corrected chi connectivity index (χ3v) is 4.64. The Kier molecular flexibility index (Phi) is 6.20. The van der Waals surface area contributed by atoms with Crippen molar-refractivity contribution < 1.29 is 22.8 Å². The molecule has 0 aliphatic carbocycles. The van der Waals surface area contributed by atoms with Gasteiger partial charge in [-0.1, -0.05) is 66.7 Å². The van der Waals surface area contributed by atoms with Gasteiger partial charge in [0.25, 0.3) is 5.91 Å². The van der Waals surface area contributed by atoms with E-state index in [1.165, 1.54) is 30.3 Å². The maximum absolute atomic E-state index is 13.5. The largest absolute Gasteiger partial charge is 0.416 e. The molecule has 30 heavy (non-hydrogen) atoms. The number of halogens is 3. The molecular formula is C23H19F3N2O2. The summed E-state index contributed by atoms with van der Waals surface area (Å²) in [7, 11) is 0. The fourth-order valence-corrected chi connectivity index (χ4v) is 3.28. The second-order valence-electron chi connectivity index (χ2n) is 6.67. The van der Waals surface area contributed by atoms with Crippen molar-refractivity contribution >= 4 is 11.8 Å². The third-order valence-electron chi connectivity index (χ3n) is 4.64. The maximum Gasteiger partial charge on any atom is 0.416 e. The predicted octanol–water partition coefficient (Wildman–Crippen LogP) is 4.57. The Hall–Kier alpha value is -3.61. The molecule has 0 spiro atoms. The van der Waals surface area contributed by atoms with E-state index in [9.17, 15) is 22.8 Å². The van der Waals surface area contributed by atoms with Crippen molar-refractivity contribution in [3.05, 3.63) is 107 Å². The highest BCUT2D eigenvalue weighted by Gasteiger charge is 2.36. The second-order valence-corrected chi connectivity index (χ2v) is 6.67. The topological polar surface area (TPSA) is 63.4 Å². The first kappa shape index (κ1) is 21.1. The van der Waals surface area contributed by atoms with Gasteiger partial charge in [-0.15, -0.1) is 0 Å². The highest BCUT2D eigenvalue weighted by molar-refractivity contribution is 5.97. The van der Waals surface area contributed by atoms with Gasteiger partial charge in [0, 0.05) is 12.1 Å². The van der Waals surface area contributed by atoms with Crippen molar-refractivity contribution in [2.45, 2.75) is 18.8 Å². The number of nitrogens with zero attached hydrogens (tertiary/aromatic N) is 1. The Morgan fingerprint density at radius 3 is 1.93 bits per heavy atom. The highest BCUT2D eigenvalue weighted by Crippen LogP contribution is 2.34. The Morgan fingerprint density at radius 1 is 0.833 bits per heavy atom. The van der Waals surface area contributed by atoms with E-state index < -0.39 is 36.1 Å². The molecule has 0 fully saturated rings. The van der Waals surface area contributed by atoms with Crippen LogP contribution >= 0.6 is 0 Å². The van der Waals surface area contributed by atoms with E-state index in [0.717, 1.165) is 11.0 Å². The molecule has 3 aromatic rings. The summed E-state index contributed by atoms with van der Waals surface area (Å²) in [4.78, 5) is 26.7. The smallest absolute Gasteiger partial charge is 0.368 e. The van der Waals surface area contributed by atoms with Gasteiger partial charge in [0.05, 0.1) is 5.56 Å². The van der Waals surface area contributed by atoms with Crippen LogP contribution in [0.15, 0.2) is 84.9 Å². The molecule has 0 radical (unpaired) electrons. The van der Waals surface area contributed by atoms with E-state index >= 15 is 0 Å². The predicted molar refractivity (Wildman–Crippen MR) is 106 cm³/mol. The molecular weight excluding hydrogens is 393 g/mol. The average Bonchev–Trinajstić information content (AvgIpc) is 2.73. The number of rotatable bonds is 6. The first-order valence-corrected chi connectivity index (χ1v) is 9.14. The van der Waals surface area contributed by atoms with Crippen LogP contribution < -0.4 is 5.73 Å². The molecule has 0 saturated heterocycles. The summed E-state index contributed by atoms with van der Waals surface area (Å²) in [5, 5.41) is 0. The molecule has 0 saturated carbocycles. The Balaban J connectivity index is 2.11. The third kappa shape index (κ3) is 4.68. The molecule has 154 valence electrons. The van der Waals surface area contributed by atoms with E-state index in [0.29, 0.717) is 5.56 Å². The van der Waals surface area contributed by atoms with Gasteiger partial charge < -0.3 is 10.6 Å². The molecule has 0 bridgehead atoms. The van der Waals surface area contributed by atoms with Crippen LogP contribution in [0.5, 0.6) is 0 Å². The van der Waals surface area contributed by atoms with Gasteiger partial charge in [-0.3, -0.25) is 9.59 Å². The minimum absolute atomic E-state index is 0.128. The van der Waals surface area contributed by atoms with E-state index in [1.807, 2.05) is 0 Å². The SMILES string of the molecule is NC(=O)[C@@H](c1ccccc1)N(Cc1ccccc1C(F)(F)F)C(=O)c1ccccc1. The van der Waals surface area contributed by atoms with E-state index in [-0.39, 0.29) is 11.1 Å². The average molecular weight is 412 g/mol. The molecule has 3 aromatic carbocycles. The Morgan fingerprint density at radius 2 is 1.37 bits per heavy atom. The van der Waals surface area contributed by atoms with Crippen molar-refractivity contribution in [1.82, 2.24) is 4.90 Å². The molecule has 0 unspecified atom stereocenters. The molecule has 2 N–H and O–H groups in total. The highest BCUT2D eigenvalue weighted by atomic mass is 19.4. The zero-order chi connectivity index (χ0) is 21.7. The monoisotopic (exact) mass is 412 g/mol. The summed E-state index contributed by atoms with van der Waals surface area (Å²) >= 11 is 0. The number of carbonyl (C=O) groups excluding carboxylic acids is 2. The zero-order valence-electron chi connectivity index (χ0n) is 15.8. The lowest BCUT2D eigenvalue weighted by molar-refractivity contribution is -0.138. The van der Waals surface area contributed by atoms with E-state index in [4.69, 9.17) is 5.73 Å². The normalized spacial score (nSPS) is 12.2. The molecule has 7 heteroatoms. The fraction of sp³-hybridized carbons (Fsp3) is 0.130. The second kappa shape index (κ2) is 8.82. The molecule has 3 rings (SSSR count). The van der Waals surface area contributed by atoms with Crippen molar-refractivity contribution in [2.24, 2.45) is 5.73 Å². The fourth-order valence-electron chi connectivity index (χ4n) is 3.28. The number of amides is 2. The number of alkyl halides is 3. The standard InChI is InChI=1S/C23H19F3N2O2/c24-23(25,26)19-14-8-7-13-18(19)15-28(22(30)17-11-5-2-6-12-17)20(21(27)29)16-9-3-1-4-10-16/h1-14,20H,15H2,(H2,27,29)/t20-/m1/s1. The lowest BCUT2D eigenvalue weighted by Crippen LogP contribution is -2.41. The van der Waals surface area contributed by atoms with Gasteiger partial charge in [0.1, 0.15) is 6.04 Å². The van der Waals surface area contributed by atoms with Gasteiger partial charge in [-0.05, 0) is 29.3 Å². The molecule has 0 aliphatic heterocycles. The number of hydrogen-bond donors (Lipinski definition) is 1. The Bertz CT molecular complexity index is 1020. The van der Waals surface area contributed by atoms with Gasteiger partial charge in [-0.25, -0.2) is 0 Å². The molecule has 1 atom stereocenters. The molecule has 0 heterocycles. The number of nitrogens with two attached hydrogens (primary N) is 1. The van der Waals surface area contributed by atoms with Crippen molar-refractivity contribution in [1.29, 1.82) is 0 Å². The van der Waals surface area contributed by atoms with Crippen molar-refractivity contribution in [3.63, 3.8) is 0 Å². The summed E-state index contributed by atoms with van der Waals surface area (Å²) in [6.07, 6.45) is -4.60. The Labute approximate surface area is 171 Å². The van der Waals surface area contributed by atoms with Crippen LogP contribution in [0.25, 0.3) is 0 Å². The number of primary amides is 1. The van der Waals surface area contributed by atoms with Crippen molar-refractivity contribution in [3.8, 4) is 0 Å². The van der Waals surface area contributed by atoms with Gasteiger partial charge in [0.15, 0.2) is 0 Å². The lowest BCUT2D eigenvalue weighted by Gasteiger charge is -2.31.